The molecule has 0 unspecified atom stereocenters. The van der Waals surface area contributed by atoms with Gasteiger partial charge in [0.15, 0.2) is 0 Å². The number of amides is 2. The number of hydrogen-bond donors (Lipinski definition) is 2. The fourth-order valence-electron chi connectivity index (χ4n) is 5.83. The average molecular weight is 491 g/mol. The number of carbonyl (C=O) groups is 2. The molecule has 188 valence electrons. The first-order valence-electron chi connectivity index (χ1n) is 13.1. The predicted octanol–water partition coefficient (Wildman–Crippen LogP) is 5.11. The largest absolute Gasteiger partial charge is 0.493 e. The minimum absolute atomic E-state index is 0.0121. The van der Waals surface area contributed by atoms with Crippen LogP contribution < -0.4 is 10.1 Å². The van der Waals surface area contributed by atoms with Gasteiger partial charge in [-0.25, -0.2) is 0 Å². The Morgan fingerprint density at radius 3 is 2.44 bits per heavy atom. The maximum absolute atomic E-state index is 13.1. The summed E-state index contributed by atoms with van der Waals surface area (Å²) >= 11 is 6.17. The van der Waals surface area contributed by atoms with Crippen molar-refractivity contribution in [2.75, 3.05) is 26.2 Å². The molecule has 0 bridgehead atoms. The van der Waals surface area contributed by atoms with Crippen molar-refractivity contribution >= 4 is 23.4 Å². The first-order valence-corrected chi connectivity index (χ1v) is 13.5. The quantitative estimate of drug-likeness (QED) is 0.604. The Balaban J connectivity index is 1.40. The van der Waals surface area contributed by atoms with Crippen LogP contribution >= 0.6 is 11.6 Å². The van der Waals surface area contributed by atoms with Gasteiger partial charge in [-0.2, -0.15) is 0 Å². The standard InChI is InChI=1S/C27H39ClN2O4/c28-21-8-9-23-22(18-21)25(32)29-20-26(10-4-1-2-7-17-34-23)13-15-30(16-14-26)24(31)19-27(33)11-5-3-6-12-27/h8-9,18,33H,1-7,10-17,19-20H2,(H,29,32). The van der Waals surface area contributed by atoms with Gasteiger partial charge in [-0.1, -0.05) is 50.1 Å². The van der Waals surface area contributed by atoms with Gasteiger partial charge in [0.05, 0.1) is 24.2 Å². The second-order valence-corrected chi connectivity index (χ2v) is 11.1. The highest BCUT2D eigenvalue weighted by molar-refractivity contribution is 6.31. The fourth-order valence-corrected chi connectivity index (χ4v) is 6.00. The molecule has 1 aromatic rings. The number of halogens is 1. The smallest absolute Gasteiger partial charge is 0.255 e. The van der Waals surface area contributed by atoms with E-state index in [4.69, 9.17) is 16.3 Å². The van der Waals surface area contributed by atoms with E-state index in [1.807, 2.05) is 4.90 Å². The molecule has 1 spiro atoms. The van der Waals surface area contributed by atoms with Crippen LogP contribution in [0.25, 0.3) is 0 Å². The molecular formula is C27H39ClN2O4. The summed E-state index contributed by atoms with van der Waals surface area (Å²) in [7, 11) is 0. The Bertz CT molecular complexity index is 860. The lowest BCUT2D eigenvalue weighted by atomic mass is 9.74. The molecule has 1 aromatic carbocycles. The van der Waals surface area contributed by atoms with Crippen LogP contribution in [-0.4, -0.2) is 53.7 Å². The highest BCUT2D eigenvalue weighted by atomic mass is 35.5. The second kappa shape index (κ2) is 11.3. The zero-order valence-corrected chi connectivity index (χ0v) is 21.0. The average Bonchev–Trinajstić information content (AvgIpc) is 2.84. The number of benzene rings is 1. The number of likely N-dealkylation sites (tertiary alicyclic amines) is 1. The first-order chi connectivity index (χ1) is 16.4. The molecule has 0 aromatic heterocycles. The minimum atomic E-state index is -0.819. The summed E-state index contributed by atoms with van der Waals surface area (Å²) in [5.41, 5.74) is -0.349. The van der Waals surface area contributed by atoms with Crippen molar-refractivity contribution in [2.45, 2.75) is 89.1 Å². The summed E-state index contributed by atoms with van der Waals surface area (Å²) in [5.74, 6) is 0.499. The van der Waals surface area contributed by atoms with E-state index in [2.05, 4.69) is 5.32 Å². The van der Waals surface area contributed by atoms with Gasteiger partial charge in [0, 0.05) is 24.7 Å². The third kappa shape index (κ3) is 6.45. The summed E-state index contributed by atoms with van der Waals surface area (Å²) < 4.78 is 5.89. The first kappa shape index (κ1) is 25.3. The number of rotatable bonds is 2. The highest BCUT2D eigenvalue weighted by Gasteiger charge is 2.38. The number of hydrogen-bond acceptors (Lipinski definition) is 4. The molecule has 2 fully saturated rings. The van der Waals surface area contributed by atoms with Crippen LogP contribution in [0.2, 0.25) is 5.02 Å². The molecule has 6 nitrogen and oxygen atoms in total. The van der Waals surface area contributed by atoms with E-state index in [-0.39, 0.29) is 23.7 Å². The van der Waals surface area contributed by atoms with Crippen LogP contribution in [0, 0.1) is 5.41 Å². The van der Waals surface area contributed by atoms with E-state index in [0.29, 0.717) is 42.6 Å². The van der Waals surface area contributed by atoms with Gasteiger partial charge in [0.2, 0.25) is 5.91 Å². The summed E-state index contributed by atoms with van der Waals surface area (Å²) in [6.45, 7) is 2.56. The van der Waals surface area contributed by atoms with E-state index in [0.717, 1.165) is 77.0 Å². The van der Waals surface area contributed by atoms with Crippen LogP contribution in [0.4, 0.5) is 0 Å². The third-order valence-corrected chi connectivity index (χ3v) is 8.35. The molecule has 2 N–H and O–H groups in total. The van der Waals surface area contributed by atoms with Crippen molar-refractivity contribution in [1.82, 2.24) is 10.2 Å². The van der Waals surface area contributed by atoms with Gasteiger partial charge >= 0.3 is 0 Å². The minimum Gasteiger partial charge on any atom is -0.493 e. The highest BCUT2D eigenvalue weighted by Crippen LogP contribution is 2.38. The Labute approximate surface area is 208 Å². The maximum Gasteiger partial charge on any atom is 0.255 e. The summed E-state index contributed by atoms with van der Waals surface area (Å²) in [4.78, 5) is 28.0. The number of aliphatic hydroxyl groups is 1. The van der Waals surface area contributed by atoms with Crippen LogP contribution in [0.3, 0.4) is 0 Å². The van der Waals surface area contributed by atoms with Crippen molar-refractivity contribution < 1.29 is 19.4 Å². The van der Waals surface area contributed by atoms with Crippen molar-refractivity contribution in [3.8, 4) is 5.75 Å². The normalized spacial score (nSPS) is 23.5. The molecule has 0 radical (unpaired) electrons. The Hall–Kier alpha value is -1.79. The molecular weight excluding hydrogens is 452 g/mol. The third-order valence-electron chi connectivity index (χ3n) is 8.11. The lowest BCUT2D eigenvalue weighted by Crippen LogP contribution is -2.49. The van der Waals surface area contributed by atoms with Crippen LogP contribution in [0.1, 0.15) is 93.8 Å². The lowest BCUT2D eigenvalue weighted by molar-refractivity contribution is -0.140. The van der Waals surface area contributed by atoms with E-state index in [1.165, 1.54) is 0 Å². The fraction of sp³-hybridized carbons (Fsp3) is 0.704. The van der Waals surface area contributed by atoms with Gasteiger partial charge in [0.1, 0.15) is 5.75 Å². The number of fused-ring (bicyclic) bond motifs is 1. The van der Waals surface area contributed by atoms with Crippen LogP contribution in [0.5, 0.6) is 5.75 Å². The summed E-state index contributed by atoms with van der Waals surface area (Å²) in [5, 5.41) is 14.5. The molecule has 1 saturated heterocycles. The number of nitrogens with one attached hydrogen (secondary N) is 1. The van der Waals surface area contributed by atoms with Gasteiger partial charge in [-0.15, -0.1) is 0 Å². The van der Waals surface area contributed by atoms with E-state index < -0.39 is 5.60 Å². The summed E-state index contributed by atoms with van der Waals surface area (Å²) in [6.07, 6.45) is 12.0. The number of carbonyl (C=O) groups excluding carboxylic acids is 2. The molecule has 1 aliphatic carbocycles. The molecule has 34 heavy (non-hydrogen) atoms. The van der Waals surface area contributed by atoms with Crippen LogP contribution in [0.15, 0.2) is 18.2 Å². The van der Waals surface area contributed by atoms with Crippen molar-refractivity contribution in [3.05, 3.63) is 28.8 Å². The molecule has 2 amide bonds. The maximum atomic E-state index is 13.1. The van der Waals surface area contributed by atoms with Crippen LogP contribution in [-0.2, 0) is 4.79 Å². The SMILES string of the molecule is O=C1NCC2(CCCCCCOc3ccc(Cl)cc31)CCN(C(=O)CC1(O)CCCCC1)CC2. The molecule has 4 rings (SSSR count). The second-order valence-electron chi connectivity index (χ2n) is 10.7. The van der Waals surface area contributed by atoms with E-state index in [9.17, 15) is 14.7 Å². The summed E-state index contributed by atoms with van der Waals surface area (Å²) in [6, 6.07) is 5.20. The molecule has 2 aliphatic heterocycles. The predicted molar refractivity (Wildman–Crippen MR) is 133 cm³/mol. The molecule has 2 heterocycles. The molecule has 0 atom stereocenters. The van der Waals surface area contributed by atoms with Gasteiger partial charge in [0.25, 0.3) is 5.91 Å². The lowest BCUT2D eigenvalue weighted by Gasteiger charge is -2.43. The Morgan fingerprint density at radius 1 is 1.00 bits per heavy atom. The molecule has 7 heteroatoms. The van der Waals surface area contributed by atoms with Gasteiger partial charge in [-0.3, -0.25) is 9.59 Å². The topological polar surface area (TPSA) is 78.9 Å². The van der Waals surface area contributed by atoms with Gasteiger partial charge in [-0.05, 0) is 62.1 Å². The zero-order chi connectivity index (χ0) is 24.0. The number of piperidine rings is 1. The van der Waals surface area contributed by atoms with Crippen molar-refractivity contribution in [1.29, 1.82) is 0 Å². The number of ether oxygens (including phenoxy) is 1. The number of nitrogens with zero attached hydrogens (tertiary/aromatic N) is 1. The zero-order valence-electron chi connectivity index (χ0n) is 20.3. The van der Waals surface area contributed by atoms with E-state index in [1.54, 1.807) is 18.2 Å². The Kier molecular flexibility index (Phi) is 8.41. The monoisotopic (exact) mass is 490 g/mol. The van der Waals surface area contributed by atoms with Gasteiger partial charge < -0.3 is 20.1 Å². The molecule has 3 aliphatic rings. The van der Waals surface area contributed by atoms with Crippen molar-refractivity contribution in [2.24, 2.45) is 5.41 Å². The Morgan fingerprint density at radius 2 is 1.68 bits per heavy atom. The van der Waals surface area contributed by atoms with Crippen molar-refractivity contribution in [3.63, 3.8) is 0 Å². The van der Waals surface area contributed by atoms with E-state index >= 15 is 0 Å². The molecule has 1 saturated carbocycles.